The van der Waals surface area contributed by atoms with E-state index < -0.39 is 0 Å². The molecular formula is C18H18N4O2. The van der Waals surface area contributed by atoms with E-state index in [4.69, 9.17) is 4.52 Å². The molecule has 1 aromatic carbocycles. The highest BCUT2D eigenvalue weighted by Crippen LogP contribution is 2.24. The van der Waals surface area contributed by atoms with Gasteiger partial charge in [-0.2, -0.15) is 0 Å². The first-order chi connectivity index (χ1) is 11.4. The highest BCUT2D eigenvalue weighted by atomic mass is 16.5. The maximum atomic E-state index is 12.2. The summed E-state index contributed by atoms with van der Waals surface area (Å²) in [6.45, 7) is 6.03. The van der Waals surface area contributed by atoms with Crippen molar-refractivity contribution in [1.82, 2.24) is 15.1 Å². The van der Waals surface area contributed by atoms with E-state index in [1.807, 2.05) is 51.1 Å². The molecule has 1 N–H and O–H groups in total. The molecular weight excluding hydrogens is 304 g/mol. The van der Waals surface area contributed by atoms with Gasteiger partial charge in [0.25, 0.3) is 5.91 Å². The summed E-state index contributed by atoms with van der Waals surface area (Å²) in [5.41, 5.74) is 1.09. The molecule has 3 rings (SSSR count). The molecule has 0 spiro atoms. The van der Waals surface area contributed by atoms with E-state index in [0.29, 0.717) is 23.0 Å². The van der Waals surface area contributed by atoms with Crippen molar-refractivity contribution < 1.29 is 9.32 Å². The van der Waals surface area contributed by atoms with Crippen molar-refractivity contribution in [2.75, 3.05) is 5.32 Å². The number of rotatable bonds is 3. The van der Waals surface area contributed by atoms with Crippen LogP contribution in [0.4, 0.5) is 5.82 Å². The summed E-state index contributed by atoms with van der Waals surface area (Å²) < 4.78 is 5.25. The fourth-order valence-electron chi connectivity index (χ4n) is 2.06. The van der Waals surface area contributed by atoms with E-state index >= 15 is 0 Å². The number of benzene rings is 1. The van der Waals surface area contributed by atoms with Crippen molar-refractivity contribution in [3.8, 4) is 11.4 Å². The van der Waals surface area contributed by atoms with Crippen molar-refractivity contribution in [2.24, 2.45) is 0 Å². The monoisotopic (exact) mass is 322 g/mol. The standard InChI is InChI=1S/C18H18N4O2/c1-18(2,3)14-9-15(22-24-14)21-17(23)13-10-19-16(20-11-13)12-7-5-4-6-8-12/h4-11H,1-3H3,(H,21,22,23). The number of nitrogens with zero attached hydrogens (tertiary/aromatic N) is 3. The Labute approximate surface area is 139 Å². The van der Waals surface area contributed by atoms with Crippen molar-refractivity contribution in [3.05, 3.63) is 60.1 Å². The molecule has 2 aromatic heterocycles. The zero-order valence-corrected chi connectivity index (χ0v) is 13.8. The molecule has 0 saturated heterocycles. The Balaban J connectivity index is 1.73. The number of amides is 1. The van der Waals surface area contributed by atoms with Gasteiger partial charge in [0.2, 0.25) is 0 Å². The second kappa shape index (κ2) is 6.23. The topological polar surface area (TPSA) is 80.9 Å². The van der Waals surface area contributed by atoms with Crippen molar-refractivity contribution in [1.29, 1.82) is 0 Å². The molecule has 0 aliphatic heterocycles. The van der Waals surface area contributed by atoms with Crippen LogP contribution in [0.15, 0.2) is 53.3 Å². The number of anilines is 1. The van der Waals surface area contributed by atoms with Gasteiger partial charge in [-0.05, 0) is 0 Å². The van der Waals surface area contributed by atoms with Crippen LogP contribution in [0.2, 0.25) is 0 Å². The van der Waals surface area contributed by atoms with Gasteiger partial charge in [-0.25, -0.2) is 9.97 Å². The number of nitrogens with one attached hydrogen (secondary N) is 1. The average Bonchev–Trinajstić information content (AvgIpc) is 3.05. The fourth-order valence-corrected chi connectivity index (χ4v) is 2.06. The highest BCUT2D eigenvalue weighted by Gasteiger charge is 2.20. The van der Waals surface area contributed by atoms with Gasteiger partial charge in [0, 0.05) is 29.4 Å². The van der Waals surface area contributed by atoms with Crippen LogP contribution in [-0.2, 0) is 5.41 Å². The van der Waals surface area contributed by atoms with E-state index in [0.717, 1.165) is 5.56 Å². The van der Waals surface area contributed by atoms with E-state index in [2.05, 4.69) is 20.4 Å². The maximum absolute atomic E-state index is 12.2. The van der Waals surface area contributed by atoms with Crippen LogP contribution in [0, 0.1) is 0 Å². The van der Waals surface area contributed by atoms with Gasteiger partial charge < -0.3 is 9.84 Å². The van der Waals surface area contributed by atoms with E-state index in [9.17, 15) is 4.79 Å². The molecule has 3 aromatic rings. The van der Waals surface area contributed by atoms with Crippen molar-refractivity contribution in [2.45, 2.75) is 26.2 Å². The Hall–Kier alpha value is -3.02. The van der Waals surface area contributed by atoms with E-state index in [-0.39, 0.29) is 11.3 Å². The third-order valence-corrected chi connectivity index (χ3v) is 3.44. The van der Waals surface area contributed by atoms with Crippen molar-refractivity contribution in [3.63, 3.8) is 0 Å². The Kier molecular flexibility index (Phi) is 4.12. The maximum Gasteiger partial charge on any atom is 0.260 e. The molecule has 0 unspecified atom stereocenters. The van der Waals surface area contributed by atoms with E-state index in [1.54, 1.807) is 6.07 Å². The fraction of sp³-hybridized carbons (Fsp3) is 0.222. The lowest BCUT2D eigenvalue weighted by atomic mass is 9.93. The molecule has 0 radical (unpaired) electrons. The van der Waals surface area contributed by atoms with Crippen LogP contribution in [-0.4, -0.2) is 21.0 Å². The summed E-state index contributed by atoms with van der Waals surface area (Å²) >= 11 is 0. The minimum Gasteiger partial charge on any atom is -0.359 e. The summed E-state index contributed by atoms with van der Waals surface area (Å²) in [4.78, 5) is 20.7. The summed E-state index contributed by atoms with van der Waals surface area (Å²) in [6.07, 6.45) is 2.99. The number of carbonyl (C=O) groups is 1. The minimum atomic E-state index is -0.330. The smallest absolute Gasteiger partial charge is 0.260 e. The van der Waals surface area contributed by atoms with Crippen LogP contribution >= 0.6 is 0 Å². The predicted molar refractivity (Wildman–Crippen MR) is 90.6 cm³/mol. The molecule has 1 amide bonds. The molecule has 0 bridgehead atoms. The van der Waals surface area contributed by atoms with E-state index in [1.165, 1.54) is 12.4 Å². The van der Waals surface area contributed by atoms with Gasteiger partial charge in [-0.1, -0.05) is 56.3 Å². The Morgan fingerprint density at radius 2 is 1.75 bits per heavy atom. The van der Waals surface area contributed by atoms with Gasteiger partial charge in [0.1, 0.15) is 5.76 Å². The molecule has 0 aliphatic rings. The molecule has 122 valence electrons. The Morgan fingerprint density at radius 3 is 2.33 bits per heavy atom. The van der Waals surface area contributed by atoms with Crippen LogP contribution in [0.5, 0.6) is 0 Å². The minimum absolute atomic E-state index is 0.170. The Bertz CT molecular complexity index is 833. The van der Waals surface area contributed by atoms with Gasteiger partial charge in [0.15, 0.2) is 11.6 Å². The largest absolute Gasteiger partial charge is 0.359 e. The molecule has 0 saturated carbocycles. The predicted octanol–water partition coefficient (Wildman–Crippen LogP) is 3.68. The lowest BCUT2D eigenvalue weighted by molar-refractivity contribution is 0.102. The molecule has 6 heteroatoms. The normalized spacial score (nSPS) is 11.3. The third-order valence-electron chi connectivity index (χ3n) is 3.44. The summed E-state index contributed by atoms with van der Waals surface area (Å²) in [5, 5.41) is 6.55. The van der Waals surface area contributed by atoms with Crippen LogP contribution in [0.1, 0.15) is 36.9 Å². The van der Waals surface area contributed by atoms with Gasteiger partial charge in [0.05, 0.1) is 5.56 Å². The molecule has 0 atom stereocenters. The first kappa shape index (κ1) is 15.9. The number of carbonyl (C=O) groups excluding carboxylic acids is 1. The second-order valence-electron chi connectivity index (χ2n) is 6.44. The van der Waals surface area contributed by atoms with Gasteiger partial charge >= 0.3 is 0 Å². The highest BCUT2D eigenvalue weighted by molar-refractivity contribution is 6.03. The lowest BCUT2D eigenvalue weighted by Crippen LogP contribution is -2.13. The molecule has 6 nitrogen and oxygen atoms in total. The molecule has 24 heavy (non-hydrogen) atoms. The Morgan fingerprint density at radius 1 is 1.08 bits per heavy atom. The second-order valence-corrected chi connectivity index (χ2v) is 6.44. The summed E-state index contributed by atoms with van der Waals surface area (Å²) in [6, 6.07) is 11.3. The zero-order chi connectivity index (χ0) is 17.2. The SMILES string of the molecule is CC(C)(C)c1cc(NC(=O)c2cnc(-c3ccccc3)nc2)no1. The summed E-state index contributed by atoms with van der Waals surface area (Å²) in [7, 11) is 0. The number of hydrogen-bond donors (Lipinski definition) is 1. The molecule has 2 heterocycles. The number of aromatic nitrogens is 3. The van der Waals surface area contributed by atoms with Crippen LogP contribution < -0.4 is 5.32 Å². The first-order valence-corrected chi connectivity index (χ1v) is 7.59. The lowest BCUT2D eigenvalue weighted by Gasteiger charge is -2.12. The molecule has 0 aliphatic carbocycles. The quantitative estimate of drug-likeness (QED) is 0.795. The van der Waals surface area contributed by atoms with Gasteiger partial charge in [-0.3, -0.25) is 4.79 Å². The average molecular weight is 322 g/mol. The van der Waals surface area contributed by atoms with Crippen LogP contribution in [0.25, 0.3) is 11.4 Å². The number of hydrogen-bond acceptors (Lipinski definition) is 5. The summed E-state index contributed by atoms with van der Waals surface area (Å²) in [5.74, 6) is 1.32. The van der Waals surface area contributed by atoms with Gasteiger partial charge in [-0.15, -0.1) is 0 Å². The first-order valence-electron chi connectivity index (χ1n) is 7.59. The third kappa shape index (κ3) is 3.48. The zero-order valence-electron chi connectivity index (χ0n) is 13.8. The van der Waals surface area contributed by atoms with Crippen LogP contribution in [0.3, 0.4) is 0 Å². The van der Waals surface area contributed by atoms with Crippen molar-refractivity contribution >= 4 is 11.7 Å². The molecule has 0 fully saturated rings.